The summed E-state index contributed by atoms with van der Waals surface area (Å²) in [5.41, 5.74) is 1.08. The van der Waals surface area contributed by atoms with Gasteiger partial charge in [0.1, 0.15) is 0 Å². The lowest BCUT2D eigenvalue weighted by Gasteiger charge is -2.25. The Morgan fingerprint density at radius 2 is 2.27 bits per heavy atom. The van der Waals surface area contributed by atoms with E-state index >= 15 is 0 Å². The second-order valence-electron chi connectivity index (χ2n) is 3.99. The normalized spacial score (nSPS) is 22.3. The van der Waals surface area contributed by atoms with Crippen LogP contribution in [0.1, 0.15) is 24.6 Å². The number of hydrogen-bond acceptors (Lipinski definition) is 4. The van der Waals surface area contributed by atoms with Crippen molar-refractivity contribution in [2.75, 3.05) is 18.6 Å². The van der Waals surface area contributed by atoms with E-state index in [4.69, 9.17) is 0 Å². The summed E-state index contributed by atoms with van der Waals surface area (Å²) >= 11 is 0. The molecule has 1 aromatic rings. The molecule has 1 unspecified atom stereocenters. The molecule has 1 saturated heterocycles. The number of aromatic nitrogens is 2. The molecule has 0 bridgehead atoms. The van der Waals surface area contributed by atoms with Crippen LogP contribution in [-0.2, 0) is 9.84 Å². The fourth-order valence-corrected chi connectivity index (χ4v) is 3.01. The standard InChI is InChI=1S/C9H15N3O2S/c1-7(10-2)8-3-11-12(4-8)9-5-15(13,14)6-9/h3-4,7,9-10H,5-6H2,1-2H3. The van der Waals surface area contributed by atoms with E-state index < -0.39 is 9.84 Å². The quantitative estimate of drug-likeness (QED) is 0.800. The van der Waals surface area contributed by atoms with E-state index in [0.29, 0.717) is 0 Å². The number of rotatable bonds is 3. The summed E-state index contributed by atoms with van der Waals surface area (Å²) < 4.78 is 23.8. The maximum Gasteiger partial charge on any atom is 0.154 e. The van der Waals surface area contributed by atoms with Gasteiger partial charge in [-0.15, -0.1) is 0 Å². The largest absolute Gasteiger partial charge is 0.313 e. The molecule has 1 N–H and O–H groups in total. The molecule has 1 atom stereocenters. The Morgan fingerprint density at radius 1 is 1.60 bits per heavy atom. The number of nitrogens with zero attached hydrogens (tertiary/aromatic N) is 2. The summed E-state index contributed by atoms with van der Waals surface area (Å²) in [5, 5.41) is 7.30. The maximum atomic E-state index is 11.0. The van der Waals surface area contributed by atoms with Crippen LogP contribution in [0.2, 0.25) is 0 Å². The van der Waals surface area contributed by atoms with Gasteiger partial charge in [-0.3, -0.25) is 4.68 Å². The van der Waals surface area contributed by atoms with Gasteiger partial charge in [0.25, 0.3) is 0 Å². The average Bonchev–Trinajstić information content (AvgIpc) is 2.61. The first-order valence-electron chi connectivity index (χ1n) is 4.93. The van der Waals surface area contributed by atoms with Crippen LogP contribution >= 0.6 is 0 Å². The van der Waals surface area contributed by atoms with Crippen molar-refractivity contribution in [2.45, 2.75) is 19.0 Å². The van der Waals surface area contributed by atoms with Crippen molar-refractivity contribution in [1.82, 2.24) is 15.1 Å². The van der Waals surface area contributed by atoms with E-state index in [1.165, 1.54) is 0 Å². The van der Waals surface area contributed by atoms with Crippen LogP contribution < -0.4 is 5.32 Å². The summed E-state index contributed by atoms with van der Waals surface area (Å²) in [4.78, 5) is 0. The molecule has 0 saturated carbocycles. The number of hydrogen-bond donors (Lipinski definition) is 1. The van der Waals surface area contributed by atoms with Gasteiger partial charge >= 0.3 is 0 Å². The van der Waals surface area contributed by atoms with Gasteiger partial charge in [0.15, 0.2) is 9.84 Å². The molecular weight excluding hydrogens is 214 g/mol. The van der Waals surface area contributed by atoms with Crippen molar-refractivity contribution in [3.63, 3.8) is 0 Å². The minimum Gasteiger partial charge on any atom is -0.313 e. The van der Waals surface area contributed by atoms with Crippen LogP contribution in [0.25, 0.3) is 0 Å². The topological polar surface area (TPSA) is 64.0 Å². The fourth-order valence-electron chi connectivity index (χ4n) is 1.63. The Kier molecular flexibility index (Phi) is 2.56. The maximum absolute atomic E-state index is 11.0. The second-order valence-corrected chi connectivity index (χ2v) is 6.15. The summed E-state index contributed by atoms with van der Waals surface area (Å²) in [6.45, 7) is 2.04. The van der Waals surface area contributed by atoms with E-state index in [1.807, 2.05) is 20.2 Å². The Hall–Kier alpha value is -0.880. The molecule has 5 nitrogen and oxygen atoms in total. The monoisotopic (exact) mass is 229 g/mol. The van der Waals surface area contributed by atoms with E-state index in [1.54, 1.807) is 10.9 Å². The second kappa shape index (κ2) is 3.61. The summed E-state index contributed by atoms with van der Waals surface area (Å²) in [5.74, 6) is 0.449. The number of nitrogens with one attached hydrogen (secondary N) is 1. The molecule has 1 aliphatic rings. The average molecular weight is 229 g/mol. The highest BCUT2D eigenvalue weighted by Crippen LogP contribution is 2.24. The van der Waals surface area contributed by atoms with Gasteiger partial charge in [0.2, 0.25) is 0 Å². The summed E-state index contributed by atoms with van der Waals surface area (Å²) in [6.07, 6.45) is 3.70. The van der Waals surface area contributed by atoms with Crippen molar-refractivity contribution in [2.24, 2.45) is 0 Å². The SMILES string of the molecule is CNC(C)c1cnn(C2CS(=O)(=O)C2)c1. The third kappa shape index (κ3) is 2.05. The minimum absolute atomic E-state index is 0.0350. The zero-order chi connectivity index (χ0) is 11.1. The number of sulfone groups is 1. The van der Waals surface area contributed by atoms with Crippen molar-refractivity contribution < 1.29 is 8.42 Å². The van der Waals surface area contributed by atoms with Gasteiger partial charge in [0, 0.05) is 17.8 Å². The van der Waals surface area contributed by atoms with Crippen molar-refractivity contribution in [1.29, 1.82) is 0 Å². The molecule has 0 spiro atoms. The molecular formula is C9H15N3O2S. The van der Waals surface area contributed by atoms with E-state index in [2.05, 4.69) is 10.4 Å². The van der Waals surface area contributed by atoms with Crippen molar-refractivity contribution in [3.05, 3.63) is 18.0 Å². The highest BCUT2D eigenvalue weighted by atomic mass is 32.2. The highest BCUT2D eigenvalue weighted by molar-refractivity contribution is 7.92. The lowest BCUT2D eigenvalue weighted by molar-refractivity contribution is 0.473. The van der Waals surface area contributed by atoms with Crippen LogP contribution in [0, 0.1) is 0 Å². The van der Waals surface area contributed by atoms with Gasteiger partial charge in [-0.2, -0.15) is 5.10 Å². The van der Waals surface area contributed by atoms with Crippen LogP contribution in [0.4, 0.5) is 0 Å². The van der Waals surface area contributed by atoms with Gasteiger partial charge in [-0.1, -0.05) is 0 Å². The van der Waals surface area contributed by atoms with Crippen molar-refractivity contribution >= 4 is 9.84 Å². The lowest BCUT2D eigenvalue weighted by atomic mass is 10.2. The molecule has 84 valence electrons. The van der Waals surface area contributed by atoms with Gasteiger partial charge in [-0.25, -0.2) is 8.42 Å². The smallest absolute Gasteiger partial charge is 0.154 e. The summed E-state index contributed by atoms with van der Waals surface area (Å²) in [6, 6.07) is 0.281. The molecule has 1 aliphatic heterocycles. The molecule has 0 aliphatic carbocycles. The van der Waals surface area contributed by atoms with Crippen LogP contribution in [-0.4, -0.2) is 36.8 Å². The van der Waals surface area contributed by atoms with Crippen LogP contribution in [0.3, 0.4) is 0 Å². The molecule has 1 aromatic heterocycles. The molecule has 0 aromatic carbocycles. The van der Waals surface area contributed by atoms with Crippen molar-refractivity contribution in [3.8, 4) is 0 Å². The molecule has 0 amide bonds. The van der Waals surface area contributed by atoms with E-state index in [9.17, 15) is 8.42 Å². The zero-order valence-corrected chi connectivity index (χ0v) is 9.66. The Balaban J connectivity index is 2.09. The lowest BCUT2D eigenvalue weighted by Crippen LogP contribution is -2.38. The molecule has 2 heterocycles. The Labute approximate surface area is 89.4 Å². The third-order valence-electron chi connectivity index (χ3n) is 2.82. The van der Waals surface area contributed by atoms with Crippen LogP contribution in [0.5, 0.6) is 0 Å². The van der Waals surface area contributed by atoms with Gasteiger partial charge in [-0.05, 0) is 14.0 Å². The molecule has 15 heavy (non-hydrogen) atoms. The summed E-state index contributed by atoms with van der Waals surface area (Å²) in [7, 11) is -0.887. The van der Waals surface area contributed by atoms with E-state index in [0.717, 1.165) is 5.56 Å². The first kappa shape index (κ1) is 10.6. The van der Waals surface area contributed by atoms with Gasteiger partial charge < -0.3 is 5.32 Å². The first-order chi connectivity index (χ1) is 7.02. The van der Waals surface area contributed by atoms with Gasteiger partial charge in [0.05, 0.1) is 23.7 Å². The molecule has 1 fully saturated rings. The molecule has 0 radical (unpaired) electrons. The molecule has 2 rings (SSSR count). The molecule has 6 heteroatoms. The third-order valence-corrected chi connectivity index (χ3v) is 4.61. The van der Waals surface area contributed by atoms with E-state index in [-0.39, 0.29) is 23.6 Å². The predicted octanol–water partition coefficient (Wildman–Crippen LogP) is 0.133. The van der Waals surface area contributed by atoms with Crippen LogP contribution in [0.15, 0.2) is 12.4 Å². The highest BCUT2D eigenvalue weighted by Gasteiger charge is 2.35. The predicted molar refractivity (Wildman–Crippen MR) is 57.4 cm³/mol. The minimum atomic E-state index is -2.77. The Bertz CT molecular complexity index is 440. The Morgan fingerprint density at radius 3 is 2.80 bits per heavy atom. The first-order valence-corrected chi connectivity index (χ1v) is 6.76. The fraction of sp³-hybridized carbons (Fsp3) is 0.667. The zero-order valence-electron chi connectivity index (χ0n) is 8.84.